The van der Waals surface area contributed by atoms with Gasteiger partial charge < -0.3 is 15.1 Å². The first kappa shape index (κ1) is 17.1. The maximum absolute atomic E-state index is 11.8. The average Bonchev–Trinajstić information content (AvgIpc) is 3.00. The number of hydrogen-bond donors (Lipinski definition) is 2. The van der Waals surface area contributed by atoms with Crippen LogP contribution in [0.25, 0.3) is 22.6 Å². The third-order valence-corrected chi connectivity index (χ3v) is 3.99. The van der Waals surface area contributed by atoms with Gasteiger partial charge >= 0.3 is 0 Å². The smallest absolute Gasteiger partial charge is 0.228 e. The van der Waals surface area contributed by atoms with Crippen LogP contribution in [0.5, 0.6) is 0 Å². The number of anilines is 1. The fraction of sp³-hybridized carbons (Fsp3) is 0.211. The number of hydrogen-bond acceptors (Lipinski definition) is 4. The van der Waals surface area contributed by atoms with E-state index in [2.05, 4.69) is 15.6 Å². The monoisotopic (exact) mass is 353 g/mol. The molecular formula is C19H19N3O2S. The predicted molar refractivity (Wildman–Crippen MR) is 103 cm³/mol. The molecule has 1 heterocycles. The second-order valence-corrected chi connectivity index (χ2v) is 6.52. The molecule has 0 saturated carbocycles. The number of para-hydroxylation sites is 2. The van der Waals surface area contributed by atoms with E-state index in [-0.39, 0.29) is 16.9 Å². The summed E-state index contributed by atoms with van der Waals surface area (Å²) in [5.41, 5.74) is 4.19. The van der Waals surface area contributed by atoms with Crippen molar-refractivity contribution in [3.8, 4) is 11.5 Å². The van der Waals surface area contributed by atoms with Crippen LogP contribution < -0.4 is 10.6 Å². The summed E-state index contributed by atoms with van der Waals surface area (Å²) in [6.45, 7) is 5.60. The quantitative estimate of drug-likeness (QED) is 0.688. The highest BCUT2D eigenvalue weighted by Gasteiger charge is 2.12. The van der Waals surface area contributed by atoms with E-state index in [1.807, 2.05) is 63.2 Å². The van der Waals surface area contributed by atoms with Crippen molar-refractivity contribution >= 4 is 40.0 Å². The molecule has 25 heavy (non-hydrogen) atoms. The Labute approximate surface area is 151 Å². The van der Waals surface area contributed by atoms with Crippen molar-refractivity contribution in [2.45, 2.75) is 20.8 Å². The molecule has 0 bridgehead atoms. The number of carbonyl (C=O) groups is 1. The highest BCUT2D eigenvalue weighted by Crippen LogP contribution is 2.27. The highest BCUT2D eigenvalue weighted by atomic mass is 32.1. The van der Waals surface area contributed by atoms with Gasteiger partial charge in [0.05, 0.1) is 0 Å². The predicted octanol–water partition coefficient (Wildman–Crippen LogP) is 4.27. The van der Waals surface area contributed by atoms with Crippen molar-refractivity contribution in [1.29, 1.82) is 0 Å². The summed E-state index contributed by atoms with van der Waals surface area (Å²) in [6.07, 6.45) is 0. The van der Waals surface area contributed by atoms with Crippen LogP contribution in [0.4, 0.5) is 5.69 Å². The van der Waals surface area contributed by atoms with Crippen LogP contribution in [0.3, 0.4) is 0 Å². The van der Waals surface area contributed by atoms with Gasteiger partial charge in [-0.15, -0.1) is 0 Å². The molecule has 2 N–H and O–H groups in total. The van der Waals surface area contributed by atoms with Crippen LogP contribution in [0.2, 0.25) is 0 Å². The summed E-state index contributed by atoms with van der Waals surface area (Å²) in [6, 6.07) is 13.4. The molecule has 128 valence electrons. The number of fused-ring (bicyclic) bond motifs is 1. The lowest BCUT2D eigenvalue weighted by molar-refractivity contribution is -0.122. The summed E-state index contributed by atoms with van der Waals surface area (Å²) in [7, 11) is 0. The Morgan fingerprint density at radius 1 is 1.20 bits per heavy atom. The van der Waals surface area contributed by atoms with Gasteiger partial charge in [0, 0.05) is 17.2 Å². The van der Waals surface area contributed by atoms with E-state index in [0.717, 1.165) is 27.9 Å². The average molecular weight is 353 g/mol. The molecule has 5 nitrogen and oxygen atoms in total. The maximum atomic E-state index is 11.8. The molecule has 0 saturated heterocycles. The zero-order valence-corrected chi connectivity index (χ0v) is 15.1. The van der Waals surface area contributed by atoms with Gasteiger partial charge in [0.15, 0.2) is 10.7 Å². The SMILES string of the molecule is Cc1ccc(-c2nc3ccccc3o2)cc1NC(=S)NC(=O)C(C)C. The first-order valence-corrected chi connectivity index (χ1v) is 8.43. The molecule has 2 aromatic carbocycles. The second-order valence-electron chi connectivity index (χ2n) is 6.11. The van der Waals surface area contributed by atoms with Crippen molar-refractivity contribution in [2.24, 2.45) is 5.92 Å². The summed E-state index contributed by atoms with van der Waals surface area (Å²) in [5.74, 6) is 0.290. The number of oxazole rings is 1. The lowest BCUT2D eigenvalue weighted by Gasteiger charge is -2.13. The van der Waals surface area contributed by atoms with Crippen LogP contribution >= 0.6 is 12.2 Å². The minimum Gasteiger partial charge on any atom is -0.436 e. The minimum atomic E-state index is -0.132. The van der Waals surface area contributed by atoms with Gasteiger partial charge in [-0.2, -0.15) is 0 Å². The van der Waals surface area contributed by atoms with Crippen LogP contribution in [0, 0.1) is 12.8 Å². The van der Waals surface area contributed by atoms with Crippen LogP contribution in [0.1, 0.15) is 19.4 Å². The number of nitrogens with zero attached hydrogens (tertiary/aromatic N) is 1. The molecule has 0 unspecified atom stereocenters. The molecule has 0 spiro atoms. The fourth-order valence-corrected chi connectivity index (χ4v) is 2.51. The largest absolute Gasteiger partial charge is 0.436 e. The maximum Gasteiger partial charge on any atom is 0.228 e. The van der Waals surface area contributed by atoms with Crippen molar-refractivity contribution in [3.63, 3.8) is 0 Å². The number of nitrogens with one attached hydrogen (secondary N) is 2. The Hall–Kier alpha value is -2.73. The Kier molecular flexibility index (Phi) is 4.81. The van der Waals surface area contributed by atoms with Crippen LogP contribution in [-0.4, -0.2) is 16.0 Å². The number of carbonyl (C=O) groups excluding carboxylic acids is 1. The van der Waals surface area contributed by atoms with Crippen LogP contribution in [0.15, 0.2) is 46.9 Å². The number of thiocarbonyl (C=S) groups is 1. The topological polar surface area (TPSA) is 67.2 Å². The molecule has 3 rings (SSSR count). The molecular weight excluding hydrogens is 334 g/mol. The van der Waals surface area contributed by atoms with E-state index < -0.39 is 0 Å². The zero-order chi connectivity index (χ0) is 18.0. The van der Waals surface area contributed by atoms with E-state index in [1.165, 1.54) is 0 Å². The Morgan fingerprint density at radius 2 is 1.96 bits per heavy atom. The second kappa shape index (κ2) is 7.03. The normalized spacial score (nSPS) is 10.9. The molecule has 0 aliphatic carbocycles. The van der Waals surface area contributed by atoms with E-state index >= 15 is 0 Å². The minimum absolute atomic E-state index is 0.120. The highest BCUT2D eigenvalue weighted by molar-refractivity contribution is 7.80. The first-order valence-electron chi connectivity index (χ1n) is 8.02. The third-order valence-electron chi connectivity index (χ3n) is 3.79. The van der Waals surface area contributed by atoms with Crippen molar-refractivity contribution in [2.75, 3.05) is 5.32 Å². The van der Waals surface area contributed by atoms with Crippen LogP contribution in [-0.2, 0) is 4.79 Å². The first-order chi connectivity index (χ1) is 11.9. The van der Waals surface area contributed by atoms with Gasteiger partial charge in [-0.1, -0.05) is 32.0 Å². The number of aryl methyl sites for hydroxylation is 1. The van der Waals surface area contributed by atoms with Gasteiger partial charge in [0.25, 0.3) is 0 Å². The molecule has 0 fully saturated rings. The molecule has 0 aliphatic rings. The number of rotatable bonds is 3. The van der Waals surface area contributed by atoms with Crippen molar-refractivity contribution in [1.82, 2.24) is 10.3 Å². The molecule has 1 amide bonds. The fourth-order valence-electron chi connectivity index (χ4n) is 2.30. The summed E-state index contributed by atoms with van der Waals surface area (Å²) in [5, 5.41) is 6.02. The summed E-state index contributed by atoms with van der Waals surface area (Å²) >= 11 is 5.22. The van der Waals surface area contributed by atoms with E-state index in [4.69, 9.17) is 16.6 Å². The van der Waals surface area contributed by atoms with Gasteiger partial charge in [0.2, 0.25) is 11.8 Å². The number of aromatic nitrogens is 1. The molecule has 6 heteroatoms. The summed E-state index contributed by atoms with van der Waals surface area (Å²) in [4.78, 5) is 16.3. The molecule has 0 aliphatic heterocycles. The van der Waals surface area contributed by atoms with E-state index in [9.17, 15) is 4.79 Å². The van der Waals surface area contributed by atoms with Crippen molar-refractivity contribution in [3.05, 3.63) is 48.0 Å². The zero-order valence-electron chi connectivity index (χ0n) is 14.3. The lowest BCUT2D eigenvalue weighted by atomic mass is 10.1. The summed E-state index contributed by atoms with van der Waals surface area (Å²) < 4.78 is 5.81. The van der Waals surface area contributed by atoms with Crippen molar-refractivity contribution < 1.29 is 9.21 Å². The Morgan fingerprint density at radius 3 is 2.68 bits per heavy atom. The van der Waals surface area contributed by atoms with Gasteiger partial charge in [0.1, 0.15) is 5.52 Å². The Balaban J connectivity index is 1.85. The van der Waals surface area contributed by atoms with E-state index in [1.54, 1.807) is 0 Å². The van der Waals surface area contributed by atoms with Gasteiger partial charge in [-0.3, -0.25) is 4.79 Å². The Bertz CT molecular complexity index is 914. The standard InChI is InChI=1S/C19H19N3O2S/c1-11(2)17(23)22-19(25)21-15-10-13(9-8-12(15)3)18-20-14-6-4-5-7-16(14)24-18/h4-11H,1-3H3,(H2,21,22,23,25). The van der Waals surface area contributed by atoms with E-state index in [0.29, 0.717) is 5.89 Å². The molecule has 3 aromatic rings. The van der Waals surface area contributed by atoms with Gasteiger partial charge in [-0.05, 0) is 49.0 Å². The third kappa shape index (κ3) is 3.85. The molecule has 1 aromatic heterocycles. The lowest BCUT2D eigenvalue weighted by Crippen LogP contribution is -2.36. The number of amides is 1. The molecule has 0 radical (unpaired) electrons. The molecule has 0 atom stereocenters. The van der Waals surface area contributed by atoms with Gasteiger partial charge in [-0.25, -0.2) is 4.98 Å². The number of benzene rings is 2.